The zero-order valence-electron chi connectivity index (χ0n) is 17.2. The van der Waals surface area contributed by atoms with Crippen molar-refractivity contribution in [2.45, 2.75) is 6.54 Å². The van der Waals surface area contributed by atoms with Crippen LogP contribution in [0.4, 0.5) is 15.9 Å². The van der Waals surface area contributed by atoms with Crippen LogP contribution in [0.5, 0.6) is 0 Å². The van der Waals surface area contributed by atoms with Crippen LogP contribution in [0.15, 0.2) is 79.0 Å². The van der Waals surface area contributed by atoms with E-state index >= 15 is 0 Å². The number of hydrogen-bond acceptors (Lipinski definition) is 4. The van der Waals surface area contributed by atoms with Crippen LogP contribution in [0, 0.1) is 5.82 Å². The number of nitrogens with one attached hydrogen (secondary N) is 1. The number of carbonyl (C=O) groups excluding carboxylic acids is 1. The molecule has 4 rings (SSSR count). The summed E-state index contributed by atoms with van der Waals surface area (Å²) in [6.07, 6.45) is 4.98. The summed E-state index contributed by atoms with van der Waals surface area (Å²) in [6, 6.07) is 20.3. The maximum Gasteiger partial charge on any atom is 0.248 e. The molecular formula is C25H25FN4O. The summed E-state index contributed by atoms with van der Waals surface area (Å²) in [5, 5.41) is 2.84. The van der Waals surface area contributed by atoms with Crippen LogP contribution in [-0.2, 0) is 11.3 Å². The molecule has 0 unspecified atom stereocenters. The number of benzene rings is 2. The molecule has 2 aromatic carbocycles. The number of halogens is 1. The monoisotopic (exact) mass is 416 g/mol. The number of hydrogen-bond donors (Lipinski definition) is 1. The maximum atomic E-state index is 13.4. The van der Waals surface area contributed by atoms with Crippen LogP contribution in [-0.4, -0.2) is 42.0 Å². The lowest BCUT2D eigenvalue weighted by atomic mass is 10.2. The van der Waals surface area contributed by atoms with Gasteiger partial charge in [-0.05, 0) is 41.5 Å². The van der Waals surface area contributed by atoms with Crippen molar-refractivity contribution in [2.24, 2.45) is 0 Å². The van der Waals surface area contributed by atoms with Crippen molar-refractivity contribution in [3.63, 3.8) is 0 Å². The highest BCUT2D eigenvalue weighted by atomic mass is 19.1. The minimum absolute atomic E-state index is 0.190. The molecule has 158 valence electrons. The molecule has 6 heteroatoms. The van der Waals surface area contributed by atoms with Gasteiger partial charge in [-0.2, -0.15) is 0 Å². The second-order valence-electron chi connectivity index (χ2n) is 7.53. The molecule has 3 aromatic rings. The van der Waals surface area contributed by atoms with Crippen molar-refractivity contribution in [1.82, 2.24) is 9.88 Å². The first-order valence-corrected chi connectivity index (χ1v) is 10.4. The number of amides is 1. The van der Waals surface area contributed by atoms with Gasteiger partial charge in [-0.1, -0.05) is 42.5 Å². The Morgan fingerprint density at radius 2 is 1.81 bits per heavy atom. The fourth-order valence-electron chi connectivity index (χ4n) is 3.60. The standard InChI is InChI=1S/C25H25FN4O/c26-22-8-4-7-21(17-22)19-29-13-15-30(16-14-29)24-11-10-23(18-27-24)28-25(31)12-9-20-5-2-1-3-6-20/h1-12,17-18H,13-16,19H2,(H,28,31)/b12-9+. The number of carbonyl (C=O) groups is 1. The predicted molar refractivity (Wildman–Crippen MR) is 122 cm³/mol. The number of piperazine rings is 1. The molecule has 0 radical (unpaired) electrons. The summed E-state index contributed by atoms with van der Waals surface area (Å²) < 4.78 is 13.4. The molecule has 5 nitrogen and oxygen atoms in total. The lowest BCUT2D eigenvalue weighted by Gasteiger charge is -2.35. The second kappa shape index (κ2) is 10.00. The Kier molecular flexibility index (Phi) is 6.69. The Morgan fingerprint density at radius 1 is 1.00 bits per heavy atom. The third-order valence-electron chi connectivity index (χ3n) is 5.23. The molecule has 1 aliphatic heterocycles. The first kappa shape index (κ1) is 20.8. The van der Waals surface area contributed by atoms with E-state index < -0.39 is 0 Å². The number of nitrogens with zero attached hydrogens (tertiary/aromatic N) is 3. The molecule has 1 N–H and O–H groups in total. The molecule has 1 aliphatic rings. The third kappa shape index (κ3) is 5.99. The summed E-state index contributed by atoms with van der Waals surface area (Å²) in [5.41, 5.74) is 2.63. The van der Waals surface area contributed by atoms with Gasteiger partial charge in [0.05, 0.1) is 11.9 Å². The van der Waals surface area contributed by atoms with E-state index in [-0.39, 0.29) is 11.7 Å². The largest absolute Gasteiger partial charge is 0.354 e. The normalized spacial score (nSPS) is 14.7. The number of aromatic nitrogens is 1. The van der Waals surface area contributed by atoms with Crippen molar-refractivity contribution in [1.29, 1.82) is 0 Å². The van der Waals surface area contributed by atoms with Crippen LogP contribution in [0.3, 0.4) is 0 Å². The molecule has 0 spiro atoms. The van der Waals surface area contributed by atoms with E-state index in [1.807, 2.05) is 48.5 Å². The van der Waals surface area contributed by atoms with Gasteiger partial charge in [-0.25, -0.2) is 9.37 Å². The summed E-state index contributed by atoms with van der Waals surface area (Å²) >= 11 is 0. The molecule has 0 aliphatic carbocycles. The molecule has 2 heterocycles. The lowest BCUT2D eigenvalue weighted by Crippen LogP contribution is -2.46. The highest BCUT2D eigenvalue weighted by molar-refractivity contribution is 6.01. The van der Waals surface area contributed by atoms with E-state index in [0.29, 0.717) is 5.69 Å². The molecule has 0 saturated carbocycles. The SMILES string of the molecule is O=C(/C=C/c1ccccc1)Nc1ccc(N2CCN(Cc3cccc(F)c3)CC2)nc1. The molecule has 0 bridgehead atoms. The average Bonchev–Trinajstić information content (AvgIpc) is 2.80. The second-order valence-corrected chi connectivity index (χ2v) is 7.53. The van der Waals surface area contributed by atoms with Crippen LogP contribution < -0.4 is 10.2 Å². The molecule has 0 atom stereocenters. The zero-order chi connectivity index (χ0) is 21.5. The minimum atomic E-state index is -0.192. The first-order valence-electron chi connectivity index (χ1n) is 10.4. The van der Waals surface area contributed by atoms with Gasteiger partial charge in [0.2, 0.25) is 5.91 Å². The van der Waals surface area contributed by atoms with Crippen molar-refractivity contribution in [3.05, 3.63) is 95.9 Å². The van der Waals surface area contributed by atoms with Crippen LogP contribution in [0.25, 0.3) is 6.08 Å². The Morgan fingerprint density at radius 3 is 2.52 bits per heavy atom. The molecule has 1 amide bonds. The number of anilines is 2. The summed E-state index contributed by atoms with van der Waals surface area (Å²) in [6.45, 7) is 4.24. The van der Waals surface area contributed by atoms with Gasteiger partial charge in [-0.3, -0.25) is 9.69 Å². The Hall–Kier alpha value is -3.51. The minimum Gasteiger partial charge on any atom is -0.354 e. The lowest BCUT2D eigenvalue weighted by molar-refractivity contribution is -0.111. The number of pyridine rings is 1. The molecule has 31 heavy (non-hydrogen) atoms. The summed E-state index contributed by atoms with van der Waals surface area (Å²) in [7, 11) is 0. The maximum absolute atomic E-state index is 13.4. The van der Waals surface area contributed by atoms with Crippen molar-refractivity contribution >= 4 is 23.5 Å². The Bertz CT molecular complexity index is 1030. The van der Waals surface area contributed by atoms with Gasteiger partial charge in [0.15, 0.2) is 0 Å². The van der Waals surface area contributed by atoms with Crippen LogP contribution >= 0.6 is 0 Å². The molecule has 1 aromatic heterocycles. The molecule has 1 fully saturated rings. The van der Waals surface area contributed by atoms with E-state index in [1.54, 1.807) is 24.4 Å². The first-order chi connectivity index (χ1) is 15.2. The summed E-state index contributed by atoms with van der Waals surface area (Å²) in [4.78, 5) is 21.2. The summed E-state index contributed by atoms with van der Waals surface area (Å²) in [5.74, 6) is 0.510. The highest BCUT2D eigenvalue weighted by Gasteiger charge is 2.18. The van der Waals surface area contributed by atoms with E-state index in [1.165, 1.54) is 12.1 Å². The third-order valence-corrected chi connectivity index (χ3v) is 5.23. The van der Waals surface area contributed by atoms with Crippen molar-refractivity contribution in [3.8, 4) is 0 Å². The fraction of sp³-hybridized carbons (Fsp3) is 0.200. The van der Waals surface area contributed by atoms with E-state index in [4.69, 9.17) is 0 Å². The van der Waals surface area contributed by atoms with Gasteiger partial charge in [0.1, 0.15) is 11.6 Å². The van der Waals surface area contributed by atoms with Crippen LogP contribution in [0.2, 0.25) is 0 Å². The molecular weight excluding hydrogens is 391 g/mol. The van der Waals surface area contributed by atoms with Crippen molar-refractivity contribution in [2.75, 3.05) is 36.4 Å². The predicted octanol–water partition coefficient (Wildman–Crippen LogP) is 4.19. The van der Waals surface area contributed by atoms with E-state index in [2.05, 4.69) is 20.1 Å². The smallest absolute Gasteiger partial charge is 0.248 e. The van der Waals surface area contributed by atoms with Crippen molar-refractivity contribution < 1.29 is 9.18 Å². The highest BCUT2D eigenvalue weighted by Crippen LogP contribution is 2.17. The molecule has 1 saturated heterocycles. The average molecular weight is 417 g/mol. The Balaban J connectivity index is 1.27. The fourth-order valence-corrected chi connectivity index (χ4v) is 3.60. The Labute approximate surface area is 181 Å². The van der Waals surface area contributed by atoms with Gasteiger partial charge >= 0.3 is 0 Å². The van der Waals surface area contributed by atoms with E-state index in [0.717, 1.165) is 49.7 Å². The van der Waals surface area contributed by atoms with Crippen LogP contribution in [0.1, 0.15) is 11.1 Å². The van der Waals surface area contributed by atoms with Gasteiger partial charge in [-0.15, -0.1) is 0 Å². The zero-order valence-corrected chi connectivity index (χ0v) is 17.2. The quantitative estimate of drug-likeness (QED) is 0.612. The van der Waals surface area contributed by atoms with Gasteiger partial charge < -0.3 is 10.2 Å². The number of rotatable bonds is 6. The van der Waals surface area contributed by atoms with Gasteiger partial charge in [0.25, 0.3) is 0 Å². The topological polar surface area (TPSA) is 48.5 Å². The van der Waals surface area contributed by atoms with E-state index in [9.17, 15) is 9.18 Å². The van der Waals surface area contributed by atoms with Gasteiger partial charge in [0, 0.05) is 38.8 Å².